The quantitative estimate of drug-likeness (QED) is 0.883. The molecule has 0 aliphatic carbocycles. The number of hydrogen-bond acceptors (Lipinski definition) is 2. The van der Waals surface area contributed by atoms with Gasteiger partial charge in [0.25, 0.3) is 0 Å². The van der Waals surface area contributed by atoms with Gasteiger partial charge in [-0.05, 0) is 5.56 Å². The van der Waals surface area contributed by atoms with Gasteiger partial charge in [-0.2, -0.15) is 11.6 Å². The fraction of sp³-hybridized carbons (Fsp3) is 0.143. The van der Waals surface area contributed by atoms with E-state index in [0.717, 1.165) is 11.1 Å². The summed E-state index contributed by atoms with van der Waals surface area (Å²) in [5, 5.41) is 9.56. The molecule has 0 saturated heterocycles. The van der Waals surface area contributed by atoms with E-state index in [4.69, 9.17) is 4.74 Å². The first-order valence-electron chi connectivity index (χ1n) is 5.14. The van der Waals surface area contributed by atoms with Crippen molar-refractivity contribution in [2.45, 2.75) is 13.5 Å². The molecular weight excluding hydrogens is 289 g/mol. The number of aryl methyl sites for hydroxylation is 1. The van der Waals surface area contributed by atoms with Crippen molar-refractivity contribution in [2.24, 2.45) is 0 Å². The first-order valence-corrected chi connectivity index (χ1v) is 5.14. The average molecular weight is 302 g/mol. The summed E-state index contributed by atoms with van der Waals surface area (Å²) >= 11 is 0. The molecule has 0 spiro atoms. The van der Waals surface area contributed by atoms with E-state index in [-0.39, 0.29) is 38.5 Å². The van der Waals surface area contributed by atoms with E-state index >= 15 is 0 Å². The van der Waals surface area contributed by atoms with Crippen LogP contribution < -0.4 is 4.74 Å². The topological polar surface area (TPSA) is 29.5 Å². The summed E-state index contributed by atoms with van der Waals surface area (Å²) in [7, 11) is 0. The molecule has 0 atom stereocenters. The molecule has 0 amide bonds. The van der Waals surface area contributed by atoms with E-state index in [2.05, 4.69) is 6.07 Å². The zero-order chi connectivity index (χ0) is 11.4. The summed E-state index contributed by atoms with van der Waals surface area (Å²) in [4.78, 5) is 0. The molecule has 0 bridgehead atoms. The molecule has 0 fully saturated rings. The van der Waals surface area contributed by atoms with Crippen LogP contribution in [-0.2, 0) is 39.3 Å². The van der Waals surface area contributed by atoms with Crippen molar-refractivity contribution in [1.82, 2.24) is 0 Å². The van der Waals surface area contributed by atoms with E-state index in [9.17, 15) is 5.11 Å². The maximum atomic E-state index is 9.56. The van der Waals surface area contributed by atoms with Crippen molar-refractivity contribution in [2.75, 3.05) is 0 Å². The van der Waals surface area contributed by atoms with Crippen LogP contribution in [0, 0.1) is 13.0 Å². The van der Waals surface area contributed by atoms with Crippen LogP contribution >= 0.6 is 0 Å². The number of phenols is 1. The van der Waals surface area contributed by atoms with Crippen LogP contribution in [0.3, 0.4) is 0 Å². The van der Waals surface area contributed by atoms with E-state index in [1.807, 2.05) is 37.3 Å². The summed E-state index contributed by atoms with van der Waals surface area (Å²) < 4.78 is 5.50. The summed E-state index contributed by atoms with van der Waals surface area (Å²) in [6, 6.07) is 16.2. The minimum absolute atomic E-state index is 0. The van der Waals surface area contributed by atoms with Gasteiger partial charge in [0.15, 0.2) is 0 Å². The molecule has 0 aromatic heterocycles. The summed E-state index contributed by atoms with van der Waals surface area (Å²) in [6.07, 6.45) is 0. The molecule has 2 aromatic rings. The van der Waals surface area contributed by atoms with Crippen molar-refractivity contribution in [3.8, 4) is 11.5 Å². The maximum Gasteiger partial charge on any atom is 0.110 e. The molecule has 2 aromatic carbocycles. The SMILES string of the molecule is Cc1[c-]c(OCc2ccccc2)c(O)cc1.[Y]. The van der Waals surface area contributed by atoms with Crippen molar-refractivity contribution in [1.29, 1.82) is 0 Å². The van der Waals surface area contributed by atoms with E-state index in [1.54, 1.807) is 12.1 Å². The number of phenolic OH excluding ortho intramolecular Hbond substituents is 1. The first kappa shape index (κ1) is 14.2. The van der Waals surface area contributed by atoms with Crippen molar-refractivity contribution in [3.63, 3.8) is 0 Å². The van der Waals surface area contributed by atoms with E-state index in [1.165, 1.54) is 0 Å². The third-order valence-corrected chi connectivity index (χ3v) is 2.26. The van der Waals surface area contributed by atoms with Gasteiger partial charge in [0.05, 0.1) is 0 Å². The molecule has 1 radical (unpaired) electrons. The summed E-state index contributed by atoms with van der Waals surface area (Å²) in [5.41, 5.74) is 2.01. The molecule has 3 heteroatoms. The minimum Gasteiger partial charge on any atom is -0.562 e. The van der Waals surface area contributed by atoms with Gasteiger partial charge in [-0.15, -0.1) is 12.1 Å². The molecule has 0 unspecified atom stereocenters. The Morgan fingerprint density at radius 1 is 1.12 bits per heavy atom. The molecule has 2 rings (SSSR count). The van der Waals surface area contributed by atoms with Crippen LogP contribution in [0.1, 0.15) is 11.1 Å². The number of rotatable bonds is 3. The van der Waals surface area contributed by atoms with Crippen LogP contribution in [-0.4, -0.2) is 5.11 Å². The van der Waals surface area contributed by atoms with Crippen LogP contribution in [0.4, 0.5) is 0 Å². The average Bonchev–Trinajstić information content (AvgIpc) is 2.32. The molecule has 0 heterocycles. The Balaban J connectivity index is 0.00000144. The fourth-order valence-corrected chi connectivity index (χ4v) is 1.40. The number of ether oxygens (including phenoxy) is 1. The molecular formula is C14H13O2Y-. The van der Waals surface area contributed by atoms with Crippen LogP contribution in [0.25, 0.3) is 0 Å². The molecule has 85 valence electrons. The molecule has 0 saturated carbocycles. The van der Waals surface area contributed by atoms with Crippen molar-refractivity contribution < 1.29 is 42.6 Å². The largest absolute Gasteiger partial charge is 0.562 e. The Morgan fingerprint density at radius 3 is 2.53 bits per heavy atom. The predicted octanol–water partition coefficient (Wildman–Crippen LogP) is 3.08. The monoisotopic (exact) mass is 302 g/mol. The standard InChI is InChI=1S/C14H13O2.Y/c1-11-7-8-13(15)14(9-11)16-10-12-5-3-2-4-6-12;/h2-8,15H,10H2,1H3;/q-1;. The number of hydrogen-bond donors (Lipinski definition) is 1. The molecule has 0 aliphatic heterocycles. The Bertz CT molecular complexity index is 469. The van der Waals surface area contributed by atoms with Crippen molar-refractivity contribution in [3.05, 3.63) is 59.7 Å². The fourth-order valence-electron chi connectivity index (χ4n) is 1.40. The number of aromatic hydroxyl groups is 1. The van der Waals surface area contributed by atoms with E-state index < -0.39 is 0 Å². The zero-order valence-corrected chi connectivity index (χ0v) is 12.5. The van der Waals surface area contributed by atoms with Gasteiger partial charge < -0.3 is 9.84 Å². The Labute approximate surface area is 127 Å². The van der Waals surface area contributed by atoms with Gasteiger partial charge in [-0.1, -0.05) is 37.3 Å². The third-order valence-electron chi connectivity index (χ3n) is 2.26. The molecule has 17 heavy (non-hydrogen) atoms. The van der Waals surface area contributed by atoms with Gasteiger partial charge in [-0.25, -0.2) is 0 Å². The van der Waals surface area contributed by atoms with Gasteiger partial charge in [0.1, 0.15) is 6.61 Å². The van der Waals surface area contributed by atoms with Gasteiger partial charge in [0, 0.05) is 44.2 Å². The third kappa shape index (κ3) is 4.14. The molecule has 1 N–H and O–H groups in total. The minimum atomic E-state index is 0. The predicted molar refractivity (Wildman–Crippen MR) is 62.5 cm³/mol. The Kier molecular flexibility index (Phi) is 5.66. The van der Waals surface area contributed by atoms with E-state index in [0.29, 0.717) is 12.4 Å². The van der Waals surface area contributed by atoms with Gasteiger partial charge in [0.2, 0.25) is 0 Å². The second-order valence-corrected chi connectivity index (χ2v) is 3.63. The first-order chi connectivity index (χ1) is 7.75. The van der Waals surface area contributed by atoms with Gasteiger partial charge >= 0.3 is 0 Å². The molecule has 2 nitrogen and oxygen atoms in total. The van der Waals surface area contributed by atoms with Crippen molar-refractivity contribution >= 4 is 0 Å². The summed E-state index contributed by atoms with van der Waals surface area (Å²) in [6.45, 7) is 2.35. The van der Waals surface area contributed by atoms with Crippen LogP contribution in [0.15, 0.2) is 42.5 Å². The Morgan fingerprint density at radius 2 is 1.82 bits per heavy atom. The van der Waals surface area contributed by atoms with Crippen LogP contribution in [0.5, 0.6) is 11.5 Å². The van der Waals surface area contributed by atoms with Crippen LogP contribution in [0.2, 0.25) is 0 Å². The van der Waals surface area contributed by atoms with Gasteiger partial charge in [-0.3, -0.25) is 0 Å². The maximum absolute atomic E-state index is 9.56. The number of benzene rings is 2. The Hall–Kier alpha value is -0.856. The second-order valence-electron chi connectivity index (χ2n) is 3.63. The summed E-state index contributed by atoms with van der Waals surface area (Å²) in [5.74, 6) is 0.533. The zero-order valence-electron chi connectivity index (χ0n) is 9.68. The smallest absolute Gasteiger partial charge is 0.110 e. The normalized spacial score (nSPS) is 9.47. The molecule has 0 aliphatic rings. The second kappa shape index (κ2) is 6.78.